The van der Waals surface area contributed by atoms with Gasteiger partial charge in [-0.1, -0.05) is 23.7 Å². The van der Waals surface area contributed by atoms with E-state index in [4.69, 9.17) is 16.7 Å². The van der Waals surface area contributed by atoms with Crippen LogP contribution in [0.2, 0.25) is 5.02 Å². The molecule has 148 valence electrons. The van der Waals surface area contributed by atoms with Crippen LogP contribution in [0.4, 0.5) is 13.2 Å². The maximum atomic E-state index is 12.9. The van der Waals surface area contributed by atoms with E-state index in [1.54, 1.807) is 0 Å². The molecule has 1 unspecified atom stereocenters. The molecule has 0 fully saturated rings. The second-order valence-corrected chi connectivity index (χ2v) is 9.28. The quantitative estimate of drug-likeness (QED) is 0.742. The summed E-state index contributed by atoms with van der Waals surface area (Å²) >= 11 is 5.49. The summed E-state index contributed by atoms with van der Waals surface area (Å²) < 4.78 is 88.2. The van der Waals surface area contributed by atoms with E-state index in [1.807, 2.05) is 0 Å². The third-order valence-electron chi connectivity index (χ3n) is 3.59. The molecule has 0 aliphatic heterocycles. The molecule has 0 amide bonds. The van der Waals surface area contributed by atoms with Crippen LogP contribution in [0.5, 0.6) is 0 Å². The molecule has 3 N–H and O–H groups in total. The Balaban J connectivity index is 2.31. The van der Waals surface area contributed by atoms with Crippen molar-refractivity contribution in [2.45, 2.75) is 28.9 Å². The van der Waals surface area contributed by atoms with Crippen molar-refractivity contribution in [1.29, 1.82) is 0 Å². The van der Waals surface area contributed by atoms with Gasteiger partial charge in [0, 0.05) is 6.04 Å². The van der Waals surface area contributed by atoms with Crippen LogP contribution in [-0.2, 0) is 26.2 Å². The second kappa shape index (κ2) is 7.40. The van der Waals surface area contributed by atoms with Crippen molar-refractivity contribution >= 4 is 31.6 Å². The summed E-state index contributed by atoms with van der Waals surface area (Å²) in [5.41, 5.74) is -0.881. The molecule has 0 radical (unpaired) electrons. The summed E-state index contributed by atoms with van der Waals surface area (Å²) in [5.74, 6) is 0. The van der Waals surface area contributed by atoms with E-state index in [0.29, 0.717) is 11.6 Å². The second-order valence-electron chi connectivity index (χ2n) is 5.60. The predicted molar refractivity (Wildman–Crippen MR) is 93.0 cm³/mol. The predicted octanol–water partition coefficient (Wildman–Crippen LogP) is 3.05. The monoisotopic (exact) mass is 442 g/mol. The Kier molecular flexibility index (Phi) is 5.93. The summed E-state index contributed by atoms with van der Waals surface area (Å²) in [6.07, 6.45) is -4.81. The van der Waals surface area contributed by atoms with Gasteiger partial charge in [0.15, 0.2) is 0 Å². The highest BCUT2D eigenvalue weighted by molar-refractivity contribution is 7.89. The minimum Gasteiger partial charge on any atom is -0.225 e. The van der Waals surface area contributed by atoms with E-state index in [2.05, 4.69) is 4.72 Å². The molecule has 1 atom stereocenters. The minimum absolute atomic E-state index is 0.158. The van der Waals surface area contributed by atoms with Gasteiger partial charge in [0.05, 0.1) is 20.4 Å². The van der Waals surface area contributed by atoms with Crippen LogP contribution >= 0.6 is 11.6 Å². The van der Waals surface area contributed by atoms with Crippen molar-refractivity contribution in [2.75, 3.05) is 0 Å². The lowest BCUT2D eigenvalue weighted by atomic mass is 10.1. The van der Waals surface area contributed by atoms with Gasteiger partial charge in [-0.05, 0) is 42.8 Å². The smallest absolute Gasteiger partial charge is 0.225 e. The number of hydrogen-bond acceptors (Lipinski definition) is 4. The first kappa shape index (κ1) is 21.6. The first-order valence-electron chi connectivity index (χ1n) is 7.23. The maximum Gasteiger partial charge on any atom is 0.417 e. The zero-order valence-corrected chi connectivity index (χ0v) is 16.0. The number of nitrogens with one attached hydrogen (secondary N) is 1. The molecule has 0 saturated carbocycles. The molecule has 0 bridgehead atoms. The van der Waals surface area contributed by atoms with E-state index in [9.17, 15) is 30.0 Å². The van der Waals surface area contributed by atoms with Crippen molar-refractivity contribution in [3.63, 3.8) is 0 Å². The van der Waals surface area contributed by atoms with Gasteiger partial charge in [-0.25, -0.2) is 26.7 Å². The van der Waals surface area contributed by atoms with Crippen molar-refractivity contribution in [3.8, 4) is 0 Å². The Labute approximate surface area is 159 Å². The maximum absolute atomic E-state index is 12.9. The average Bonchev–Trinajstić information content (AvgIpc) is 2.52. The number of nitrogens with two attached hydrogens (primary N) is 1. The Bertz CT molecular complexity index is 1050. The Morgan fingerprint density at radius 2 is 1.52 bits per heavy atom. The number of hydrogen-bond donors (Lipinski definition) is 2. The third-order valence-corrected chi connectivity index (χ3v) is 6.39. The standard InChI is InChI=1S/C15H14ClF3N2O4S2/c1-9(10-2-4-11(5-3-10)26(20,22)23)21-27(24,25)12-6-7-14(16)13(8-12)15(17,18)19/h2-9,21H,1H3,(H2,20,22,23). The van der Waals surface area contributed by atoms with Gasteiger partial charge >= 0.3 is 6.18 Å². The molecule has 0 aliphatic carbocycles. The number of rotatable bonds is 5. The normalized spacial score (nSPS) is 14.1. The van der Waals surface area contributed by atoms with E-state index in [0.717, 1.165) is 12.1 Å². The summed E-state index contributed by atoms with van der Waals surface area (Å²) in [5, 5.41) is 4.36. The Morgan fingerprint density at radius 3 is 2.00 bits per heavy atom. The molecule has 6 nitrogen and oxygen atoms in total. The van der Waals surface area contributed by atoms with Crippen molar-refractivity contribution in [3.05, 3.63) is 58.6 Å². The molecule has 2 aromatic rings. The van der Waals surface area contributed by atoms with E-state index < -0.39 is 47.7 Å². The van der Waals surface area contributed by atoms with Crippen molar-refractivity contribution < 1.29 is 30.0 Å². The molecule has 0 heterocycles. The molecule has 0 aromatic heterocycles. The lowest BCUT2D eigenvalue weighted by molar-refractivity contribution is -0.137. The SMILES string of the molecule is CC(NS(=O)(=O)c1ccc(Cl)c(C(F)(F)F)c1)c1ccc(S(N)(=O)=O)cc1. The number of alkyl halides is 3. The van der Waals surface area contributed by atoms with Crippen LogP contribution in [0.3, 0.4) is 0 Å². The molecular formula is C15H14ClF3N2O4S2. The average molecular weight is 443 g/mol. The van der Waals surface area contributed by atoms with E-state index >= 15 is 0 Å². The molecule has 0 saturated heterocycles. The van der Waals surface area contributed by atoms with Crippen LogP contribution in [0.15, 0.2) is 52.3 Å². The summed E-state index contributed by atoms with van der Waals surface area (Å²) in [7, 11) is -8.20. The largest absolute Gasteiger partial charge is 0.417 e. The molecule has 27 heavy (non-hydrogen) atoms. The number of halogens is 4. The first-order chi connectivity index (χ1) is 12.2. The first-order valence-corrected chi connectivity index (χ1v) is 10.6. The highest BCUT2D eigenvalue weighted by atomic mass is 35.5. The fourth-order valence-corrected chi connectivity index (χ4v) is 4.20. The van der Waals surface area contributed by atoms with Gasteiger partial charge < -0.3 is 0 Å². The van der Waals surface area contributed by atoms with E-state index in [-0.39, 0.29) is 4.90 Å². The number of benzene rings is 2. The molecule has 0 spiro atoms. The fraction of sp³-hybridized carbons (Fsp3) is 0.200. The molecule has 2 aromatic carbocycles. The van der Waals surface area contributed by atoms with Gasteiger partial charge in [-0.15, -0.1) is 0 Å². The zero-order chi connectivity index (χ0) is 20.6. The summed E-state index contributed by atoms with van der Waals surface area (Å²) in [4.78, 5) is -0.763. The van der Waals surface area contributed by atoms with Gasteiger partial charge in [0.2, 0.25) is 20.0 Å². The summed E-state index contributed by atoms with van der Waals surface area (Å²) in [6, 6.07) is 6.47. The third kappa shape index (κ3) is 5.20. The summed E-state index contributed by atoms with van der Waals surface area (Å²) in [6.45, 7) is 1.45. The van der Waals surface area contributed by atoms with Gasteiger partial charge in [0.1, 0.15) is 0 Å². The van der Waals surface area contributed by atoms with Gasteiger partial charge in [-0.2, -0.15) is 13.2 Å². The molecular weight excluding hydrogens is 429 g/mol. The van der Waals surface area contributed by atoms with Crippen LogP contribution in [-0.4, -0.2) is 16.8 Å². The molecule has 0 aliphatic rings. The Morgan fingerprint density at radius 1 is 1.00 bits per heavy atom. The minimum atomic E-state index is -4.81. The van der Waals surface area contributed by atoms with Crippen molar-refractivity contribution in [2.24, 2.45) is 5.14 Å². The van der Waals surface area contributed by atoms with Crippen LogP contribution in [0.25, 0.3) is 0 Å². The van der Waals surface area contributed by atoms with Gasteiger partial charge in [0.25, 0.3) is 0 Å². The lowest BCUT2D eigenvalue weighted by Crippen LogP contribution is -2.27. The van der Waals surface area contributed by atoms with Crippen LogP contribution < -0.4 is 9.86 Å². The molecule has 12 heteroatoms. The number of primary sulfonamides is 1. The fourth-order valence-electron chi connectivity index (χ4n) is 2.20. The highest BCUT2D eigenvalue weighted by Crippen LogP contribution is 2.36. The number of sulfonamides is 2. The topological polar surface area (TPSA) is 106 Å². The van der Waals surface area contributed by atoms with Crippen LogP contribution in [0, 0.1) is 0 Å². The van der Waals surface area contributed by atoms with Crippen LogP contribution in [0.1, 0.15) is 24.1 Å². The zero-order valence-electron chi connectivity index (χ0n) is 13.7. The van der Waals surface area contributed by atoms with Gasteiger partial charge in [-0.3, -0.25) is 0 Å². The Hall–Kier alpha value is -1.66. The lowest BCUT2D eigenvalue weighted by Gasteiger charge is -2.16. The van der Waals surface area contributed by atoms with E-state index in [1.165, 1.54) is 31.2 Å². The van der Waals surface area contributed by atoms with Crippen molar-refractivity contribution in [1.82, 2.24) is 4.72 Å². The highest BCUT2D eigenvalue weighted by Gasteiger charge is 2.34. The molecule has 2 rings (SSSR count).